The van der Waals surface area contributed by atoms with Gasteiger partial charge < -0.3 is 13.9 Å². The van der Waals surface area contributed by atoms with Crippen LogP contribution in [0.5, 0.6) is 0 Å². The van der Waals surface area contributed by atoms with E-state index in [9.17, 15) is 0 Å². The van der Waals surface area contributed by atoms with Crippen molar-refractivity contribution in [1.82, 2.24) is 4.57 Å². The number of fused-ring (bicyclic) bond motifs is 13. The summed E-state index contributed by atoms with van der Waals surface area (Å²) < 4.78 is 8.57. The molecule has 0 spiro atoms. The van der Waals surface area contributed by atoms with Crippen LogP contribution < -0.4 is 4.90 Å². The Morgan fingerprint density at radius 1 is 0.269 bits per heavy atom. The van der Waals surface area contributed by atoms with Gasteiger partial charge >= 0.3 is 0 Å². The van der Waals surface area contributed by atoms with Crippen molar-refractivity contribution in [3.63, 3.8) is 0 Å². The lowest BCUT2D eigenvalue weighted by Crippen LogP contribution is -2.10. The average molecular weight is 853 g/mol. The normalized spacial score (nSPS) is 11.9. The molecule has 0 aliphatic carbocycles. The topological polar surface area (TPSA) is 21.3 Å². The Kier molecular flexibility index (Phi) is 8.28. The van der Waals surface area contributed by atoms with Crippen LogP contribution in [0, 0.1) is 0 Å². The lowest BCUT2D eigenvalue weighted by atomic mass is 9.94. The minimum atomic E-state index is 0.903. The van der Waals surface area contributed by atoms with Gasteiger partial charge in [-0.2, -0.15) is 0 Å². The van der Waals surface area contributed by atoms with E-state index in [1.54, 1.807) is 0 Å². The molecule has 0 aliphatic heterocycles. The number of furan rings is 1. The minimum absolute atomic E-state index is 0.903. The second-order valence-corrected chi connectivity index (χ2v) is 17.7. The maximum absolute atomic E-state index is 6.17. The highest BCUT2D eigenvalue weighted by Gasteiger charge is 2.18. The van der Waals surface area contributed by atoms with Crippen molar-refractivity contribution in [2.75, 3.05) is 4.90 Å². The highest BCUT2D eigenvalue weighted by Crippen LogP contribution is 2.43. The van der Waals surface area contributed by atoms with E-state index in [0.717, 1.165) is 55.8 Å². The summed E-state index contributed by atoms with van der Waals surface area (Å²) >= 11 is 0. The molecule has 0 aliphatic rings. The molecule has 14 aromatic rings. The van der Waals surface area contributed by atoms with Crippen LogP contribution in [0.15, 0.2) is 247 Å². The van der Waals surface area contributed by atoms with Crippen molar-refractivity contribution < 1.29 is 4.42 Å². The van der Waals surface area contributed by atoms with E-state index in [2.05, 4.69) is 240 Å². The predicted molar refractivity (Wildman–Crippen MR) is 284 cm³/mol. The Balaban J connectivity index is 0.889. The van der Waals surface area contributed by atoms with Gasteiger partial charge in [-0.25, -0.2) is 0 Å². The number of benzene rings is 12. The molecule has 3 heteroatoms. The second kappa shape index (κ2) is 14.8. The van der Waals surface area contributed by atoms with Crippen molar-refractivity contribution >= 4 is 104 Å². The molecule has 0 radical (unpaired) electrons. The standard InChI is InChI=1S/C64H40N2O/c1-2-12-44-37-49(32-25-41(44)11-1)66-61-19-9-7-17-56(61)59-38-45(26-35-62(59)66)42-21-28-47(29-22-42)65(50-33-34-55-53-15-4-3-13-51(53)52-14-5-6-16-54(52)58(55)40-50)48-30-23-43(24-31-48)46-27-36-64-60(39-46)57-18-8-10-20-63(57)67-64/h1-40H. The van der Waals surface area contributed by atoms with Crippen LogP contribution in [-0.2, 0) is 0 Å². The summed E-state index contributed by atoms with van der Waals surface area (Å²) in [6.45, 7) is 0. The number of anilines is 3. The smallest absolute Gasteiger partial charge is 0.135 e. The minimum Gasteiger partial charge on any atom is -0.456 e. The quantitative estimate of drug-likeness (QED) is 0.155. The Bertz CT molecular complexity index is 4240. The van der Waals surface area contributed by atoms with Gasteiger partial charge in [-0.3, -0.25) is 0 Å². The average Bonchev–Trinajstić information content (AvgIpc) is 3.94. The first kappa shape index (κ1) is 37.5. The first-order valence-electron chi connectivity index (χ1n) is 23.0. The zero-order valence-corrected chi connectivity index (χ0v) is 36.4. The van der Waals surface area contributed by atoms with E-state index in [1.165, 1.54) is 76.0 Å². The molecular formula is C64H40N2O. The lowest BCUT2D eigenvalue weighted by molar-refractivity contribution is 0.669. The van der Waals surface area contributed by atoms with Crippen molar-refractivity contribution in [3.8, 4) is 27.9 Å². The number of hydrogen-bond acceptors (Lipinski definition) is 2. The van der Waals surface area contributed by atoms with E-state index in [-0.39, 0.29) is 0 Å². The van der Waals surface area contributed by atoms with Crippen molar-refractivity contribution in [2.45, 2.75) is 0 Å². The first-order chi connectivity index (χ1) is 33.2. The largest absolute Gasteiger partial charge is 0.456 e. The summed E-state index contributed by atoms with van der Waals surface area (Å²) in [7, 11) is 0. The van der Waals surface area contributed by atoms with Gasteiger partial charge in [0.25, 0.3) is 0 Å². The fraction of sp³-hybridized carbons (Fsp3) is 0. The molecular weight excluding hydrogens is 813 g/mol. The molecule has 0 atom stereocenters. The van der Waals surface area contributed by atoms with Crippen LogP contribution in [-0.4, -0.2) is 4.57 Å². The Hall–Kier alpha value is -8.92. The maximum Gasteiger partial charge on any atom is 0.135 e. The van der Waals surface area contributed by atoms with Crippen LogP contribution in [0.2, 0.25) is 0 Å². The van der Waals surface area contributed by atoms with Gasteiger partial charge in [0.05, 0.1) is 11.0 Å². The second-order valence-electron chi connectivity index (χ2n) is 17.7. The molecule has 0 bridgehead atoms. The Morgan fingerprint density at radius 2 is 0.761 bits per heavy atom. The molecule has 2 heterocycles. The summed E-state index contributed by atoms with van der Waals surface area (Å²) in [5.74, 6) is 0. The number of aromatic nitrogens is 1. The van der Waals surface area contributed by atoms with Gasteiger partial charge in [-0.1, -0.05) is 158 Å². The highest BCUT2D eigenvalue weighted by molar-refractivity contribution is 6.26. The van der Waals surface area contributed by atoms with E-state index >= 15 is 0 Å². The fourth-order valence-corrected chi connectivity index (χ4v) is 10.7. The highest BCUT2D eigenvalue weighted by atomic mass is 16.3. The van der Waals surface area contributed by atoms with Gasteiger partial charge in [0.15, 0.2) is 0 Å². The third-order valence-electron chi connectivity index (χ3n) is 13.9. The molecule has 0 unspecified atom stereocenters. The third-order valence-corrected chi connectivity index (χ3v) is 13.9. The number of rotatable bonds is 6. The molecule has 312 valence electrons. The van der Waals surface area contributed by atoms with Crippen LogP contribution >= 0.6 is 0 Å². The number of hydrogen-bond donors (Lipinski definition) is 0. The van der Waals surface area contributed by atoms with Gasteiger partial charge in [-0.15, -0.1) is 0 Å². The molecule has 0 saturated carbocycles. The zero-order valence-electron chi connectivity index (χ0n) is 36.4. The van der Waals surface area contributed by atoms with Crippen molar-refractivity contribution in [3.05, 3.63) is 243 Å². The van der Waals surface area contributed by atoms with E-state index in [1.807, 2.05) is 12.1 Å². The molecule has 0 fully saturated rings. The summed E-state index contributed by atoms with van der Waals surface area (Å²) in [4.78, 5) is 2.39. The SMILES string of the molecule is c1ccc2cc(-n3c4ccccc4c4cc(-c5ccc(N(c6ccc(-c7ccc8oc9ccccc9c8c7)cc6)c6ccc7c8ccccc8c8ccccc8c7c6)cc5)ccc43)ccc2c1. The maximum atomic E-state index is 6.17. The molecule has 14 rings (SSSR count). The summed E-state index contributed by atoms with van der Waals surface area (Å²) in [5, 5.41) is 14.8. The van der Waals surface area contributed by atoms with Crippen LogP contribution in [0.1, 0.15) is 0 Å². The summed E-state index contributed by atoms with van der Waals surface area (Å²) in [5.41, 5.74) is 13.3. The van der Waals surface area contributed by atoms with Gasteiger partial charge in [0, 0.05) is 44.3 Å². The molecule has 2 aromatic heterocycles. The van der Waals surface area contributed by atoms with E-state index < -0.39 is 0 Å². The van der Waals surface area contributed by atoms with Crippen LogP contribution in [0.25, 0.3) is 115 Å². The van der Waals surface area contributed by atoms with Crippen molar-refractivity contribution in [2.24, 2.45) is 0 Å². The van der Waals surface area contributed by atoms with Gasteiger partial charge in [0.1, 0.15) is 11.2 Å². The van der Waals surface area contributed by atoms with Crippen molar-refractivity contribution in [1.29, 1.82) is 0 Å². The Labute approximate surface area is 386 Å². The lowest BCUT2D eigenvalue weighted by Gasteiger charge is -2.26. The fourth-order valence-electron chi connectivity index (χ4n) is 10.7. The molecule has 0 amide bonds. The van der Waals surface area contributed by atoms with Gasteiger partial charge in [-0.05, 0) is 150 Å². The molecule has 0 N–H and O–H groups in total. The molecule has 12 aromatic carbocycles. The van der Waals surface area contributed by atoms with Crippen LogP contribution in [0.4, 0.5) is 17.1 Å². The summed E-state index contributed by atoms with van der Waals surface area (Å²) in [6, 6.07) is 88.5. The molecule has 3 nitrogen and oxygen atoms in total. The zero-order chi connectivity index (χ0) is 44.0. The Morgan fingerprint density at radius 3 is 1.46 bits per heavy atom. The van der Waals surface area contributed by atoms with Gasteiger partial charge in [0.2, 0.25) is 0 Å². The monoisotopic (exact) mass is 852 g/mol. The van der Waals surface area contributed by atoms with E-state index in [4.69, 9.17) is 4.42 Å². The molecule has 0 saturated heterocycles. The van der Waals surface area contributed by atoms with Crippen LogP contribution in [0.3, 0.4) is 0 Å². The predicted octanol–water partition coefficient (Wildman–Crippen LogP) is 18.1. The third kappa shape index (κ3) is 5.99. The number of nitrogens with zero attached hydrogens (tertiary/aromatic N) is 2. The van der Waals surface area contributed by atoms with E-state index in [0.29, 0.717) is 0 Å². The first-order valence-corrected chi connectivity index (χ1v) is 23.0. The molecule has 67 heavy (non-hydrogen) atoms. The summed E-state index contributed by atoms with van der Waals surface area (Å²) in [6.07, 6.45) is 0. The number of para-hydroxylation sites is 2.